The molecule has 1 aliphatic heterocycles. The van der Waals surface area contributed by atoms with E-state index in [1.54, 1.807) is 11.1 Å². The van der Waals surface area contributed by atoms with Crippen LogP contribution in [0.5, 0.6) is 0 Å². The van der Waals surface area contributed by atoms with Crippen molar-refractivity contribution < 1.29 is 0 Å². The number of benzene rings is 3. The normalized spacial score (nSPS) is 16.8. The van der Waals surface area contributed by atoms with Gasteiger partial charge >= 0.3 is 0 Å². The van der Waals surface area contributed by atoms with Gasteiger partial charge < -0.3 is 4.90 Å². The summed E-state index contributed by atoms with van der Waals surface area (Å²) in [6.45, 7) is 1.06. The van der Waals surface area contributed by atoms with E-state index in [0.717, 1.165) is 19.4 Å². The van der Waals surface area contributed by atoms with Gasteiger partial charge in [0, 0.05) is 18.4 Å². The second kappa shape index (κ2) is 6.77. The molecule has 3 aromatic rings. The summed E-state index contributed by atoms with van der Waals surface area (Å²) in [5.74, 6) is 0. The lowest BCUT2D eigenvalue weighted by Crippen LogP contribution is -2.30. The second-order valence-electron chi connectivity index (χ2n) is 8.37. The summed E-state index contributed by atoms with van der Waals surface area (Å²) < 4.78 is 0. The molecule has 0 spiro atoms. The van der Waals surface area contributed by atoms with Gasteiger partial charge in [-0.3, -0.25) is 0 Å². The van der Waals surface area contributed by atoms with Gasteiger partial charge in [0.25, 0.3) is 0 Å². The summed E-state index contributed by atoms with van der Waals surface area (Å²) in [7, 11) is 0. The highest BCUT2D eigenvalue weighted by molar-refractivity contribution is 5.59. The van der Waals surface area contributed by atoms with E-state index in [-0.39, 0.29) is 0 Å². The molecule has 0 saturated heterocycles. The maximum atomic E-state index is 2.52. The van der Waals surface area contributed by atoms with Crippen LogP contribution in [0.2, 0.25) is 0 Å². The highest BCUT2D eigenvalue weighted by Gasteiger charge is 2.19. The Morgan fingerprint density at radius 3 is 2.55 bits per heavy atom. The predicted molar refractivity (Wildman–Crippen MR) is 120 cm³/mol. The number of hydrogen-bond donors (Lipinski definition) is 0. The van der Waals surface area contributed by atoms with Crippen molar-refractivity contribution in [1.82, 2.24) is 4.90 Å². The van der Waals surface area contributed by atoms with Crippen LogP contribution < -0.4 is 10.4 Å². The Labute approximate surface area is 171 Å². The molecule has 3 aromatic carbocycles. The Bertz CT molecular complexity index is 1360. The zero-order valence-corrected chi connectivity index (χ0v) is 16.7. The molecule has 1 heteroatoms. The van der Waals surface area contributed by atoms with Crippen LogP contribution in [0.1, 0.15) is 35.1 Å². The summed E-state index contributed by atoms with van der Waals surface area (Å²) in [6.07, 6.45) is 12.8. The van der Waals surface area contributed by atoms with Gasteiger partial charge in [-0.05, 0) is 81.3 Å². The number of nitrogens with zero attached hydrogens (tertiary/aromatic N) is 1. The van der Waals surface area contributed by atoms with E-state index >= 15 is 0 Å². The summed E-state index contributed by atoms with van der Waals surface area (Å²) in [6, 6.07) is 22.4. The summed E-state index contributed by atoms with van der Waals surface area (Å²) in [5, 5.41) is 5.71. The standard InChI is InChI=1S/C28H25N/c1-2-7-21-17-19-29(18-16-20(21)6-1)28-11-5-10-24-26-13-12-22-8-3-4-9-23(22)25(26)14-15-27(24)28/h1-4,6-9,12,14-16,18H,5,10-11,13,17,19H2. The van der Waals surface area contributed by atoms with Gasteiger partial charge in [0.05, 0.1) is 0 Å². The van der Waals surface area contributed by atoms with Crippen molar-refractivity contribution in [2.75, 3.05) is 6.54 Å². The molecule has 0 amide bonds. The van der Waals surface area contributed by atoms with Gasteiger partial charge in [0.2, 0.25) is 0 Å². The lowest BCUT2D eigenvalue weighted by Gasteiger charge is -2.28. The summed E-state index contributed by atoms with van der Waals surface area (Å²) >= 11 is 0. The van der Waals surface area contributed by atoms with E-state index in [0.29, 0.717) is 0 Å². The first-order chi connectivity index (χ1) is 14.4. The van der Waals surface area contributed by atoms with Crippen molar-refractivity contribution in [2.45, 2.75) is 32.1 Å². The first-order valence-corrected chi connectivity index (χ1v) is 10.8. The molecule has 0 bridgehead atoms. The maximum Gasteiger partial charge on any atom is 0.0263 e. The Morgan fingerprint density at radius 1 is 0.690 bits per heavy atom. The van der Waals surface area contributed by atoms with Crippen LogP contribution in [-0.4, -0.2) is 11.4 Å². The highest BCUT2D eigenvalue weighted by atomic mass is 15.1. The molecule has 0 radical (unpaired) electrons. The largest absolute Gasteiger partial charge is 0.350 e. The molecule has 29 heavy (non-hydrogen) atoms. The van der Waals surface area contributed by atoms with Crippen LogP contribution in [0.4, 0.5) is 0 Å². The van der Waals surface area contributed by atoms with Gasteiger partial charge in [0.15, 0.2) is 0 Å². The van der Waals surface area contributed by atoms with Crippen LogP contribution in [0.25, 0.3) is 17.8 Å². The third-order valence-corrected chi connectivity index (χ3v) is 6.82. The fourth-order valence-electron chi connectivity index (χ4n) is 5.37. The minimum Gasteiger partial charge on any atom is -0.350 e. The molecule has 142 valence electrons. The number of rotatable bonds is 1. The Kier molecular flexibility index (Phi) is 3.94. The number of hydrogen-bond acceptors (Lipinski definition) is 1. The van der Waals surface area contributed by atoms with Gasteiger partial charge in [-0.25, -0.2) is 0 Å². The van der Waals surface area contributed by atoms with Crippen LogP contribution in [0, 0.1) is 10.4 Å². The van der Waals surface area contributed by atoms with Crippen molar-refractivity contribution in [2.24, 2.45) is 0 Å². The van der Waals surface area contributed by atoms with E-state index in [2.05, 4.69) is 83.9 Å². The van der Waals surface area contributed by atoms with Crippen molar-refractivity contribution in [3.05, 3.63) is 110 Å². The van der Waals surface area contributed by atoms with Crippen LogP contribution in [-0.2, 0) is 19.3 Å². The smallest absolute Gasteiger partial charge is 0.0263 e. The van der Waals surface area contributed by atoms with Gasteiger partial charge in [-0.2, -0.15) is 0 Å². The fourth-order valence-corrected chi connectivity index (χ4v) is 5.37. The highest BCUT2D eigenvalue weighted by Crippen LogP contribution is 2.26. The lowest BCUT2D eigenvalue weighted by atomic mass is 9.87. The molecule has 6 rings (SSSR count). The average Bonchev–Trinajstić information content (AvgIpc) is 3.01. The van der Waals surface area contributed by atoms with E-state index in [1.807, 2.05) is 0 Å². The van der Waals surface area contributed by atoms with Gasteiger partial charge in [0.1, 0.15) is 0 Å². The minimum atomic E-state index is 1.06. The molecule has 0 N–H and O–H groups in total. The topological polar surface area (TPSA) is 3.24 Å². The molecule has 1 nitrogen and oxygen atoms in total. The molecule has 0 atom stereocenters. The molecule has 0 saturated carbocycles. The summed E-state index contributed by atoms with van der Waals surface area (Å²) in [4.78, 5) is 2.52. The second-order valence-corrected chi connectivity index (χ2v) is 8.37. The molecule has 2 aliphatic carbocycles. The van der Waals surface area contributed by atoms with E-state index in [9.17, 15) is 0 Å². The first kappa shape index (κ1) is 16.9. The Balaban J connectivity index is 1.54. The molecule has 0 unspecified atom stereocenters. The van der Waals surface area contributed by atoms with Crippen molar-refractivity contribution in [1.29, 1.82) is 0 Å². The van der Waals surface area contributed by atoms with E-state index in [1.165, 1.54) is 57.0 Å². The molecule has 0 aromatic heterocycles. The quantitative estimate of drug-likeness (QED) is 0.614. The number of fused-ring (bicyclic) bond motifs is 5. The average molecular weight is 376 g/mol. The molecule has 1 heterocycles. The van der Waals surface area contributed by atoms with Crippen molar-refractivity contribution >= 4 is 17.8 Å². The summed E-state index contributed by atoms with van der Waals surface area (Å²) in [5.41, 5.74) is 7.48. The lowest BCUT2D eigenvalue weighted by molar-refractivity contribution is 0.506. The van der Waals surface area contributed by atoms with E-state index < -0.39 is 0 Å². The molecular weight excluding hydrogens is 350 g/mol. The Morgan fingerprint density at radius 2 is 1.55 bits per heavy atom. The molecular formula is C28H25N. The minimum absolute atomic E-state index is 1.06. The Hall–Kier alpha value is -3.06. The SMILES string of the molecule is C1=CN(C2=c3ccc4c(c3CCC2)CC=c2ccccc2=4)CCc2ccccc21. The molecule has 0 fully saturated rings. The zero-order valence-electron chi connectivity index (χ0n) is 16.7. The maximum absolute atomic E-state index is 2.52. The third-order valence-electron chi connectivity index (χ3n) is 6.82. The zero-order chi connectivity index (χ0) is 19.2. The first-order valence-electron chi connectivity index (χ1n) is 10.8. The third kappa shape index (κ3) is 2.76. The van der Waals surface area contributed by atoms with Crippen LogP contribution in [0.15, 0.2) is 66.9 Å². The molecule has 3 aliphatic rings. The van der Waals surface area contributed by atoms with Crippen LogP contribution >= 0.6 is 0 Å². The fraction of sp³-hybridized carbons (Fsp3) is 0.214. The van der Waals surface area contributed by atoms with Gasteiger partial charge in [-0.1, -0.05) is 66.7 Å². The monoisotopic (exact) mass is 375 g/mol. The van der Waals surface area contributed by atoms with Crippen molar-refractivity contribution in [3.63, 3.8) is 0 Å². The van der Waals surface area contributed by atoms with E-state index in [4.69, 9.17) is 0 Å². The van der Waals surface area contributed by atoms with Gasteiger partial charge in [-0.15, -0.1) is 0 Å². The van der Waals surface area contributed by atoms with Crippen LogP contribution in [0.3, 0.4) is 0 Å². The predicted octanol–water partition coefficient (Wildman–Crippen LogP) is 4.28. The van der Waals surface area contributed by atoms with Crippen molar-refractivity contribution in [3.8, 4) is 0 Å².